The molecule has 3 rings (SSSR count). The summed E-state index contributed by atoms with van der Waals surface area (Å²) in [5, 5.41) is 5.10. The molecule has 0 aromatic carbocycles. The Morgan fingerprint density at radius 1 is 1.44 bits per heavy atom. The number of thiophene rings is 1. The fraction of sp³-hybridized carbons (Fsp3) is 0.231. The SMILES string of the molecule is CCCc1cc(=O)n2[nH]c(-c3cccs3)cc2n1. The second-order valence-corrected chi connectivity index (χ2v) is 5.12. The van der Waals surface area contributed by atoms with Gasteiger partial charge in [0.1, 0.15) is 0 Å². The minimum atomic E-state index is -0.0498. The fourth-order valence-electron chi connectivity index (χ4n) is 1.98. The molecule has 0 aliphatic carbocycles. The van der Waals surface area contributed by atoms with Crippen LogP contribution in [0.5, 0.6) is 0 Å². The molecule has 0 radical (unpaired) electrons. The van der Waals surface area contributed by atoms with Gasteiger partial charge in [0.25, 0.3) is 5.56 Å². The van der Waals surface area contributed by atoms with Crippen molar-refractivity contribution >= 4 is 17.0 Å². The third-order valence-electron chi connectivity index (χ3n) is 2.80. The molecule has 18 heavy (non-hydrogen) atoms. The average molecular weight is 259 g/mol. The van der Waals surface area contributed by atoms with Crippen LogP contribution in [0, 0.1) is 0 Å². The molecule has 3 aromatic rings. The number of fused-ring (bicyclic) bond motifs is 1. The molecule has 1 N–H and O–H groups in total. The molecule has 4 nitrogen and oxygen atoms in total. The number of aromatic amines is 1. The molecule has 3 heterocycles. The molecular formula is C13H13N3OS. The van der Waals surface area contributed by atoms with E-state index in [0.29, 0.717) is 5.65 Å². The maximum atomic E-state index is 12.0. The molecule has 0 unspecified atom stereocenters. The first-order valence-electron chi connectivity index (χ1n) is 5.93. The fourth-order valence-corrected chi connectivity index (χ4v) is 2.68. The Kier molecular flexibility index (Phi) is 2.76. The van der Waals surface area contributed by atoms with Gasteiger partial charge < -0.3 is 0 Å². The molecule has 0 saturated heterocycles. The Labute approximate surface area is 108 Å². The van der Waals surface area contributed by atoms with Gasteiger partial charge in [-0.2, -0.15) is 0 Å². The standard InChI is InChI=1S/C13H13N3OS/c1-2-4-9-7-13(17)16-12(14-9)8-10(15-16)11-5-3-6-18-11/h3,5-8,15H,2,4H2,1H3. The largest absolute Gasteiger partial charge is 0.288 e. The van der Waals surface area contributed by atoms with Gasteiger partial charge in [-0.05, 0) is 17.9 Å². The highest BCUT2D eigenvalue weighted by Crippen LogP contribution is 2.23. The molecule has 0 bridgehead atoms. The van der Waals surface area contributed by atoms with Gasteiger partial charge in [0.15, 0.2) is 5.65 Å². The van der Waals surface area contributed by atoms with E-state index >= 15 is 0 Å². The number of aryl methyl sites for hydroxylation is 1. The Morgan fingerprint density at radius 2 is 2.33 bits per heavy atom. The number of nitrogens with one attached hydrogen (secondary N) is 1. The van der Waals surface area contributed by atoms with Crippen molar-refractivity contribution in [3.8, 4) is 10.6 Å². The number of aromatic nitrogens is 3. The van der Waals surface area contributed by atoms with Crippen molar-refractivity contribution in [2.75, 3.05) is 0 Å². The summed E-state index contributed by atoms with van der Waals surface area (Å²) in [5.74, 6) is 0. The van der Waals surface area contributed by atoms with Gasteiger partial charge in [-0.15, -0.1) is 11.3 Å². The van der Waals surface area contributed by atoms with Crippen LogP contribution in [-0.2, 0) is 6.42 Å². The summed E-state index contributed by atoms with van der Waals surface area (Å²) in [4.78, 5) is 17.6. The maximum Gasteiger partial charge on any atom is 0.272 e. The first-order chi connectivity index (χ1) is 8.78. The summed E-state index contributed by atoms with van der Waals surface area (Å²) in [6.45, 7) is 2.08. The topological polar surface area (TPSA) is 50.2 Å². The molecule has 0 saturated carbocycles. The summed E-state index contributed by atoms with van der Waals surface area (Å²) >= 11 is 1.64. The number of rotatable bonds is 3. The lowest BCUT2D eigenvalue weighted by atomic mass is 10.2. The van der Waals surface area contributed by atoms with E-state index in [4.69, 9.17) is 0 Å². The van der Waals surface area contributed by atoms with Crippen LogP contribution in [0.3, 0.4) is 0 Å². The van der Waals surface area contributed by atoms with E-state index in [0.717, 1.165) is 29.1 Å². The van der Waals surface area contributed by atoms with Crippen LogP contribution in [0.4, 0.5) is 0 Å². The van der Waals surface area contributed by atoms with E-state index in [1.54, 1.807) is 17.4 Å². The minimum absolute atomic E-state index is 0.0498. The summed E-state index contributed by atoms with van der Waals surface area (Å²) in [6, 6.07) is 7.54. The Bertz CT molecular complexity index is 724. The number of hydrogen-bond donors (Lipinski definition) is 1. The van der Waals surface area contributed by atoms with Crippen LogP contribution in [0.25, 0.3) is 16.2 Å². The lowest BCUT2D eigenvalue weighted by Crippen LogP contribution is -2.15. The van der Waals surface area contributed by atoms with Crippen molar-refractivity contribution < 1.29 is 0 Å². The van der Waals surface area contributed by atoms with Gasteiger partial charge in [0.2, 0.25) is 0 Å². The van der Waals surface area contributed by atoms with Crippen molar-refractivity contribution in [2.45, 2.75) is 19.8 Å². The number of hydrogen-bond acceptors (Lipinski definition) is 3. The molecule has 0 spiro atoms. The van der Waals surface area contributed by atoms with Gasteiger partial charge in [-0.3, -0.25) is 9.89 Å². The van der Waals surface area contributed by atoms with Crippen LogP contribution in [-0.4, -0.2) is 14.6 Å². The van der Waals surface area contributed by atoms with Crippen LogP contribution < -0.4 is 5.56 Å². The first-order valence-corrected chi connectivity index (χ1v) is 6.81. The second-order valence-electron chi connectivity index (χ2n) is 4.18. The molecular weight excluding hydrogens is 246 g/mol. The summed E-state index contributed by atoms with van der Waals surface area (Å²) in [6.07, 6.45) is 1.83. The van der Waals surface area contributed by atoms with Gasteiger partial charge >= 0.3 is 0 Å². The highest BCUT2D eigenvalue weighted by Gasteiger charge is 2.07. The van der Waals surface area contributed by atoms with Crippen LogP contribution in [0.2, 0.25) is 0 Å². The zero-order chi connectivity index (χ0) is 12.5. The summed E-state index contributed by atoms with van der Waals surface area (Å²) < 4.78 is 1.49. The van der Waals surface area contributed by atoms with Gasteiger partial charge in [0.05, 0.1) is 10.6 Å². The predicted octanol–water partition coefficient (Wildman–Crippen LogP) is 2.70. The molecule has 0 aliphatic rings. The third kappa shape index (κ3) is 1.86. The van der Waals surface area contributed by atoms with Gasteiger partial charge in [0, 0.05) is 17.8 Å². The van der Waals surface area contributed by atoms with Crippen molar-refractivity contribution in [1.82, 2.24) is 14.6 Å². The number of nitrogens with zero attached hydrogens (tertiary/aromatic N) is 2. The minimum Gasteiger partial charge on any atom is -0.288 e. The Hall–Kier alpha value is -1.88. The van der Waals surface area contributed by atoms with Crippen LogP contribution in [0.1, 0.15) is 19.0 Å². The zero-order valence-corrected chi connectivity index (χ0v) is 10.8. The van der Waals surface area contributed by atoms with E-state index in [-0.39, 0.29) is 5.56 Å². The van der Waals surface area contributed by atoms with E-state index < -0.39 is 0 Å². The molecule has 92 valence electrons. The average Bonchev–Trinajstić information content (AvgIpc) is 2.97. The molecule has 5 heteroatoms. The van der Waals surface area contributed by atoms with Gasteiger partial charge in [-0.25, -0.2) is 9.50 Å². The molecule has 3 aromatic heterocycles. The van der Waals surface area contributed by atoms with Crippen molar-refractivity contribution in [2.24, 2.45) is 0 Å². The monoisotopic (exact) mass is 259 g/mol. The highest BCUT2D eigenvalue weighted by atomic mass is 32.1. The molecule has 0 amide bonds. The van der Waals surface area contributed by atoms with E-state index in [1.165, 1.54) is 4.52 Å². The molecule has 0 aliphatic heterocycles. The van der Waals surface area contributed by atoms with Crippen molar-refractivity contribution in [1.29, 1.82) is 0 Å². The maximum absolute atomic E-state index is 12.0. The van der Waals surface area contributed by atoms with Crippen LogP contribution in [0.15, 0.2) is 34.4 Å². The smallest absolute Gasteiger partial charge is 0.272 e. The Balaban J connectivity index is 2.17. The summed E-state index contributed by atoms with van der Waals surface area (Å²) in [7, 11) is 0. The van der Waals surface area contributed by atoms with Gasteiger partial charge in [-0.1, -0.05) is 19.4 Å². The molecule has 0 atom stereocenters. The van der Waals surface area contributed by atoms with Crippen molar-refractivity contribution in [3.63, 3.8) is 0 Å². The summed E-state index contributed by atoms with van der Waals surface area (Å²) in [5.41, 5.74) is 2.43. The second kappa shape index (κ2) is 4.42. The Morgan fingerprint density at radius 3 is 3.06 bits per heavy atom. The normalized spacial score (nSPS) is 11.2. The first kappa shape index (κ1) is 11.2. The van der Waals surface area contributed by atoms with E-state index in [9.17, 15) is 4.79 Å². The van der Waals surface area contributed by atoms with E-state index in [1.807, 2.05) is 23.6 Å². The van der Waals surface area contributed by atoms with E-state index in [2.05, 4.69) is 17.0 Å². The number of H-pyrrole nitrogens is 1. The third-order valence-corrected chi connectivity index (χ3v) is 3.70. The van der Waals surface area contributed by atoms with Crippen molar-refractivity contribution in [3.05, 3.63) is 45.7 Å². The highest BCUT2D eigenvalue weighted by molar-refractivity contribution is 7.13. The van der Waals surface area contributed by atoms with Crippen LogP contribution >= 0.6 is 11.3 Å². The lowest BCUT2D eigenvalue weighted by Gasteiger charge is -1.97. The quantitative estimate of drug-likeness (QED) is 0.786. The zero-order valence-electron chi connectivity index (χ0n) is 10.0. The lowest BCUT2D eigenvalue weighted by molar-refractivity contribution is 0.841. The predicted molar refractivity (Wildman–Crippen MR) is 73.1 cm³/mol. The molecule has 0 fully saturated rings.